The summed E-state index contributed by atoms with van der Waals surface area (Å²) in [4.78, 5) is 13.0. The molecule has 0 spiro atoms. The fraction of sp³-hybridized carbons (Fsp3) is 0.738. The van der Waals surface area contributed by atoms with E-state index >= 15 is 0 Å². The van der Waals surface area contributed by atoms with Crippen molar-refractivity contribution in [3.8, 4) is 0 Å². The summed E-state index contributed by atoms with van der Waals surface area (Å²) in [6.07, 6.45) is 27.4. The molecule has 8 unspecified atom stereocenters. The average Bonchev–Trinajstić information content (AvgIpc) is 3.16. The van der Waals surface area contributed by atoms with Gasteiger partial charge in [0.25, 0.3) is 0 Å². The normalized spacial score (nSPS) is 22.6. The number of aliphatic hydroxyl groups excluding tert-OH is 5. The molecule has 13 nitrogen and oxygen atoms in total. The summed E-state index contributed by atoms with van der Waals surface area (Å²) < 4.78 is 47.3. The van der Waals surface area contributed by atoms with E-state index in [2.05, 4.69) is 72.0 Å². The molecule has 1 saturated heterocycles. The first kappa shape index (κ1) is 51.8. The van der Waals surface area contributed by atoms with Crippen LogP contribution in [0.15, 0.2) is 60.8 Å². The molecule has 0 saturated carbocycles. The van der Waals surface area contributed by atoms with Crippen LogP contribution in [0.3, 0.4) is 0 Å². The van der Waals surface area contributed by atoms with Crippen LogP contribution >= 0.6 is 0 Å². The summed E-state index contributed by atoms with van der Waals surface area (Å²) in [6.45, 7) is 3.08. The van der Waals surface area contributed by atoms with Crippen molar-refractivity contribution in [1.82, 2.24) is 5.32 Å². The predicted molar refractivity (Wildman–Crippen MR) is 219 cm³/mol. The van der Waals surface area contributed by atoms with Crippen LogP contribution in [0.1, 0.15) is 136 Å². The standard InChI is InChI=1S/C42H73NO12S/c1-3-5-7-9-11-13-15-17-19-21-23-25-27-29-31-36(46)41(49)43-34(35(45)30-28-26-24-22-20-18-16-14-12-10-8-6-4-2)33-53-42-39(48)40(55-56(50,51)52)38(47)37(32-44)54-42/h11-15,17,20,22,28,30,34-40,42,44-48H,3-10,16,18-19,21,23-27,29,31-33H2,1-2H3,(H,43,49)(H,50,51,52)/b13-11-,14-12+,17-15-,22-20+,30-28+. The van der Waals surface area contributed by atoms with E-state index < -0.39 is 78.5 Å². The van der Waals surface area contributed by atoms with E-state index in [4.69, 9.17) is 14.0 Å². The lowest BCUT2D eigenvalue weighted by molar-refractivity contribution is -0.298. The predicted octanol–water partition coefficient (Wildman–Crippen LogP) is 6.07. The van der Waals surface area contributed by atoms with Crippen LogP contribution in [-0.2, 0) is 28.9 Å². The smallest absolute Gasteiger partial charge is 0.394 e. The number of ether oxygens (including phenoxy) is 2. The summed E-state index contributed by atoms with van der Waals surface area (Å²) in [7, 11) is -5.12. The van der Waals surface area contributed by atoms with Crippen molar-refractivity contribution >= 4 is 16.3 Å². The molecule has 324 valence electrons. The summed E-state index contributed by atoms with van der Waals surface area (Å²) in [5.41, 5.74) is 0. The molecule has 1 rings (SSSR count). The van der Waals surface area contributed by atoms with E-state index in [-0.39, 0.29) is 6.42 Å². The Bertz CT molecular complexity index is 1250. The Balaban J connectivity index is 2.72. The maximum absolute atomic E-state index is 13.0. The SMILES string of the molecule is CCCCC/C=C\C=C/CCCCCCCC(O)C(=O)NC(COC1OC(CO)C(O)C(OS(=O)(=O)O)C1O)C(O)/C=C/CC/C=C/CC/C=C/CCCCC. The fourth-order valence-electron chi connectivity index (χ4n) is 6.01. The molecule has 7 N–H and O–H groups in total. The van der Waals surface area contributed by atoms with Crippen molar-refractivity contribution < 1.29 is 57.0 Å². The number of carbonyl (C=O) groups excluding carboxylic acids is 1. The molecule has 1 amide bonds. The minimum Gasteiger partial charge on any atom is -0.394 e. The summed E-state index contributed by atoms with van der Waals surface area (Å²) >= 11 is 0. The van der Waals surface area contributed by atoms with E-state index in [1.807, 2.05) is 0 Å². The van der Waals surface area contributed by atoms with Gasteiger partial charge >= 0.3 is 10.4 Å². The molecule has 1 aliphatic rings. The van der Waals surface area contributed by atoms with Crippen LogP contribution in [0.2, 0.25) is 0 Å². The van der Waals surface area contributed by atoms with Gasteiger partial charge in [0, 0.05) is 0 Å². The average molecular weight is 816 g/mol. The molecule has 56 heavy (non-hydrogen) atoms. The number of amides is 1. The highest BCUT2D eigenvalue weighted by Crippen LogP contribution is 2.26. The monoisotopic (exact) mass is 815 g/mol. The van der Waals surface area contributed by atoms with Crippen molar-refractivity contribution in [3.05, 3.63) is 60.8 Å². The number of carbonyl (C=O) groups is 1. The van der Waals surface area contributed by atoms with Gasteiger partial charge in [0.1, 0.15) is 30.5 Å². The molecule has 1 aliphatic heterocycles. The Kier molecular flexibility index (Phi) is 30.2. The molecular weight excluding hydrogens is 743 g/mol. The third-order valence-corrected chi connectivity index (χ3v) is 9.85. The van der Waals surface area contributed by atoms with Crippen LogP contribution in [-0.4, -0.2) is 107 Å². The molecule has 1 fully saturated rings. The van der Waals surface area contributed by atoms with Crippen molar-refractivity contribution in [2.45, 2.75) is 185 Å². The second-order valence-corrected chi connectivity index (χ2v) is 15.4. The van der Waals surface area contributed by atoms with Gasteiger partial charge in [0.05, 0.1) is 25.4 Å². The Hall–Kier alpha value is -2.24. The molecule has 0 aromatic carbocycles. The zero-order valence-corrected chi connectivity index (χ0v) is 34.6. The maximum atomic E-state index is 13.0. The fourth-order valence-corrected chi connectivity index (χ4v) is 6.52. The van der Waals surface area contributed by atoms with E-state index in [0.29, 0.717) is 12.8 Å². The van der Waals surface area contributed by atoms with E-state index in [1.165, 1.54) is 44.6 Å². The Morgan fingerprint density at radius 2 is 1.25 bits per heavy atom. The molecule has 8 atom stereocenters. The molecule has 0 aromatic heterocycles. The number of hydrogen-bond donors (Lipinski definition) is 7. The topological polar surface area (TPSA) is 212 Å². The zero-order chi connectivity index (χ0) is 41.4. The zero-order valence-electron chi connectivity index (χ0n) is 33.8. The van der Waals surface area contributed by atoms with Gasteiger partial charge in [-0.25, -0.2) is 4.18 Å². The molecule has 0 bridgehead atoms. The minimum absolute atomic E-state index is 0.213. The number of hydrogen-bond acceptors (Lipinski definition) is 11. The molecule has 1 heterocycles. The number of unbranched alkanes of at least 4 members (excludes halogenated alkanes) is 13. The van der Waals surface area contributed by atoms with Crippen LogP contribution in [0.25, 0.3) is 0 Å². The summed E-state index contributed by atoms with van der Waals surface area (Å²) in [5, 5.41) is 54.9. The molecular formula is C42H73NO12S. The van der Waals surface area contributed by atoms with Gasteiger partial charge in [0.15, 0.2) is 6.29 Å². The molecule has 0 aromatic rings. The lowest BCUT2D eigenvalue weighted by atomic mass is 9.99. The van der Waals surface area contributed by atoms with Gasteiger partial charge < -0.3 is 40.3 Å². The van der Waals surface area contributed by atoms with Gasteiger partial charge in [-0.05, 0) is 70.6 Å². The first-order chi connectivity index (χ1) is 26.9. The van der Waals surface area contributed by atoms with Crippen molar-refractivity contribution in [2.75, 3.05) is 13.2 Å². The van der Waals surface area contributed by atoms with Gasteiger partial charge in [-0.2, -0.15) is 8.42 Å². The largest absolute Gasteiger partial charge is 0.397 e. The number of nitrogens with one attached hydrogen (secondary N) is 1. The highest BCUT2D eigenvalue weighted by Gasteiger charge is 2.48. The Morgan fingerprint density at radius 1 is 0.732 bits per heavy atom. The molecule has 0 radical (unpaired) electrons. The van der Waals surface area contributed by atoms with Crippen LogP contribution < -0.4 is 5.32 Å². The second-order valence-electron chi connectivity index (χ2n) is 14.4. The third-order valence-electron chi connectivity index (χ3n) is 9.38. The first-order valence-corrected chi connectivity index (χ1v) is 22.2. The number of rotatable bonds is 33. The molecule has 14 heteroatoms. The third kappa shape index (κ3) is 25.2. The van der Waals surface area contributed by atoms with Crippen molar-refractivity contribution in [2.24, 2.45) is 0 Å². The molecule has 0 aliphatic carbocycles. The Morgan fingerprint density at radius 3 is 1.82 bits per heavy atom. The summed E-state index contributed by atoms with van der Waals surface area (Å²) in [6, 6.07) is -1.15. The van der Waals surface area contributed by atoms with E-state index in [1.54, 1.807) is 6.08 Å². The van der Waals surface area contributed by atoms with Gasteiger partial charge in [-0.1, -0.05) is 126 Å². The maximum Gasteiger partial charge on any atom is 0.397 e. The number of aliphatic hydroxyl groups is 5. The van der Waals surface area contributed by atoms with Crippen LogP contribution in [0.4, 0.5) is 0 Å². The van der Waals surface area contributed by atoms with Crippen LogP contribution in [0, 0.1) is 0 Å². The van der Waals surface area contributed by atoms with Gasteiger partial charge in [-0.15, -0.1) is 0 Å². The lowest BCUT2D eigenvalue weighted by Gasteiger charge is -2.41. The van der Waals surface area contributed by atoms with Crippen molar-refractivity contribution in [3.63, 3.8) is 0 Å². The number of allylic oxidation sites excluding steroid dienone is 9. The quantitative estimate of drug-likeness (QED) is 0.0174. The van der Waals surface area contributed by atoms with Crippen molar-refractivity contribution in [1.29, 1.82) is 0 Å². The first-order valence-electron chi connectivity index (χ1n) is 20.8. The lowest BCUT2D eigenvalue weighted by Crippen LogP contribution is -2.61. The van der Waals surface area contributed by atoms with E-state index in [9.17, 15) is 38.7 Å². The highest BCUT2D eigenvalue weighted by molar-refractivity contribution is 7.80. The minimum atomic E-state index is -5.12. The van der Waals surface area contributed by atoms with E-state index in [0.717, 1.165) is 64.2 Å². The van der Waals surface area contributed by atoms with Gasteiger partial charge in [-0.3, -0.25) is 9.35 Å². The Labute approximate surface area is 336 Å². The summed E-state index contributed by atoms with van der Waals surface area (Å²) in [5.74, 6) is -0.734. The highest BCUT2D eigenvalue weighted by atomic mass is 32.3. The van der Waals surface area contributed by atoms with Gasteiger partial charge in [0.2, 0.25) is 5.91 Å². The van der Waals surface area contributed by atoms with Crippen LogP contribution in [0.5, 0.6) is 0 Å². The second kappa shape index (κ2) is 32.7.